The zero-order valence-corrected chi connectivity index (χ0v) is 36.9. The number of aromatic nitrogens is 1. The molecule has 2 aromatic carbocycles. The smallest absolute Gasteiger partial charge is 0.361 e. The summed E-state index contributed by atoms with van der Waals surface area (Å²) in [5.41, 5.74) is 4.40. The minimum Gasteiger partial charge on any atom is -0.464 e. The first-order valence-electron chi connectivity index (χ1n) is 19.1. The van der Waals surface area contributed by atoms with Crippen molar-refractivity contribution in [2.24, 2.45) is 15.9 Å². The van der Waals surface area contributed by atoms with E-state index in [1.54, 1.807) is 30.9 Å². The van der Waals surface area contributed by atoms with Crippen LogP contribution < -0.4 is 0 Å². The Labute approximate surface area is 366 Å². The van der Waals surface area contributed by atoms with Crippen LogP contribution in [-0.2, 0) is 27.4 Å². The maximum atomic E-state index is 13.5. The summed E-state index contributed by atoms with van der Waals surface area (Å²) < 4.78 is 10.1. The Bertz CT molecular complexity index is 2340. The number of carbonyl (C=O) groups excluding carboxylic acids is 5. The molecule has 2 aliphatic carbocycles. The van der Waals surface area contributed by atoms with Crippen LogP contribution in [0.3, 0.4) is 0 Å². The van der Waals surface area contributed by atoms with Crippen LogP contribution in [-0.4, -0.2) is 93.3 Å². The van der Waals surface area contributed by atoms with E-state index in [2.05, 4.69) is 24.9 Å². The van der Waals surface area contributed by atoms with E-state index in [0.717, 1.165) is 77.7 Å². The number of thioether (sulfide) groups is 2. The number of nitriles is 1. The van der Waals surface area contributed by atoms with Gasteiger partial charge in [0.15, 0.2) is 21.9 Å². The summed E-state index contributed by atoms with van der Waals surface area (Å²) in [6, 6.07) is 7.14. The number of aryl methyl sites for hydroxylation is 2. The van der Waals surface area contributed by atoms with Gasteiger partial charge in [-0.25, -0.2) is 4.79 Å². The molecule has 0 unspecified atom stereocenters. The van der Waals surface area contributed by atoms with E-state index in [1.165, 1.54) is 25.8 Å². The molecular weight excluding hydrogens is 850 g/mol. The fourth-order valence-electron chi connectivity index (χ4n) is 6.43. The Morgan fingerprint density at radius 3 is 2.02 bits per heavy atom. The van der Waals surface area contributed by atoms with Crippen molar-refractivity contribution in [1.29, 1.82) is 5.26 Å². The minimum atomic E-state index is -0.728. The van der Waals surface area contributed by atoms with Gasteiger partial charge >= 0.3 is 11.9 Å². The molecule has 0 bridgehead atoms. The van der Waals surface area contributed by atoms with Crippen LogP contribution in [0, 0.1) is 37.8 Å². The molecule has 2 aliphatic heterocycles. The first-order valence-corrected chi connectivity index (χ1v) is 21.8. The molecule has 14 nitrogen and oxygen atoms in total. The molecule has 314 valence electrons. The molecule has 0 N–H and O–H groups in total. The lowest BCUT2D eigenvalue weighted by Crippen LogP contribution is -2.24. The van der Waals surface area contributed by atoms with Gasteiger partial charge in [-0.1, -0.05) is 64.0 Å². The van der Waals surface area contributed by atoms with Crippen LogP contribution in [0.25, 0.3) is 4.85 Å². The highest BCUT2D eigenvalue weighted by atomic mass is 35.5. The summed E-state index contributed by atoms with van der Waals surface area (Å²) in [7, 11) is 3.02. The maximum Gasteiger partial charge on any atom is 0.361 e. The van der Waals surface area contributed by atoms with Gasteiger partial charge in [-0.3, -0.25) is 19.4 Å². The number of ether oxygens (including phenoxy) is 1. The number of amidine groups is 2. The molecule has 7 rings (SSSR count). The lowest BCUT2D eigenvalue weighted by atomic mass is 9.96. The van der Waals surface area contributed by atoms with Crippen LogP contribution >= 0.6 is 46.7 Å². The molecule has 3 heterocycles. The van der Waals surface area contributed by atoms with Gasteiger partial charge in [0.2, 0.25) is 17.7 Å². The molecule has 0 spiro atoms. The van der Waals surface area contributed by atoms with E-state index in [-0.39, 0.29) is 46.6 Å². The van der Waals surface area contributed by atoms with E-state index in [0.29, 0.717) is 39.6 Å². The molecule has 0 radical (unpaired) electrons. The fraction of sp³-hybridized carbons (Fsp3) is 0.429. The predicted octanol–water partition coefficient (Wildman–Crippen LogP) is 8.10. The van der Waals surface area contributed by atoms with Gasteiger partial charge < -0.3 is 23.9 Å². The third kappa shape index (κ3) is 11.2. The normalized spacial score (nSPS) is 16.9. The van der Waals surface area contributed by atoms with Crippen LogP contribution in [0.5, 0.6) is 0 Å². The number of hydrogen-bond donors (Lipinski definition) is 0. The zero-order valence-electron chi connectivity index (χ0n) is 33.8. The van der Waals surface area contributed by atoms with E-state index >= 15 is 0 Å². The number of benzene rings is 2. The number of amides is 1. The van der Waals surface area contributed by atoms with Crippen molar-refractivity contribution in [3.05, 3.63) is 96.1 Å². The van der Waals surface area contributed by atoms with Gasteiger partial charge in [0.05, 0.1) is 30.1 Å². The topological polar surface area (TPSA) is 180 Å². The molecule has 4 fully saturated rings. The van der Waals surface area contributed by atoms with Gasteiger partial charge in [-0.15, -0.1) is 4.99 Å². The van der Waals surface area contributed by atoms with Crippen LogP contribution in [0.4, 0.5) is 0 Å². The standard InChI is InChI=1S/C21H19ClN4O4S.C18H21ClN2O2S.C3H3NO/c1-11-3-6-13(16(22)14(11)9-26-7-8-31-21(26)24-10-23)18(27)15-17(20(28)29-2)25-30-19(15)12-4-5-12;1-11-3-6-13(16(23)9-15(22)12-4-5-12)17(19)14(11)10-21-7-8-24-18(21)20-2;1-3(5)4-2/h3,6,12H,4-5,7-9H2,1-2H3;3,6,12H,4-5,7-10H2,1-2H3;1H3. The second-order valence-electron chi connectivity index (χ2n) is 14.3. The summed E-state index contributed by atoms with van der Waals surface area (Å²) in [5.74, 6) is 0.690. The van der Waals surface area contributed by atoms with Crippen LogP contribution in [0.2, 0.25) is 10.0 Å². The fourth-order valence-corrected chi connectivity index (χ4v) is 9.06. The van der Waals surface area contributed by atoms with Crippen molar-refractivity contribution in [2.75, 3.05) is 38.8 Å². The summed E-state index contributed by atoms with van der Waals surface area (Å²) in [4.78, 5) is 74.4. The van der Waals surface area contributed by atoms with Crippen molar-refractivity contribution >= 4 is 86.3 Å². The Morgan fingerprint density at radius 2 is 1.50 bits per heavy atom. The van der Waals surface area contributed by atoms with Crippen molar-refractivity contribution in [2.45, 2.75) is 71.9 Å². The Kier molecular flexibility index (Phi) is 16.1. The van der Waals surface area contributed by atoms with Gasteiger partial charge in [-0.2, -0.15) is 10.1 Å². The number of rotatable bonds is 12. The number of methoxy groups -OCH3 is 1. The minimum absolute atomic E-state index is 0.0336. The van der Waals surface area contributed by atoms with Crippen molar-refractivity contribution in [1.82, 2.24) is 15.0 Å². The Balaban J connectivity index is 0.000000210. The number of esters is 1. The molecule has 60 heavy (non-hydrogen) atoms. The summed E-state index contributed by atoms with van der Waals surface area (Å²) in [5, 5.41) is 15.1. The highest BCUT2D eigenvalue weighted by Crippen LogP contribution is 2.44. The number of halogens is 2. The number of nitrogens with zero attached hydrogens (tertiary/aromatic N) is 7. The van der Waals surface area contributed by atoms with Gasteiger partial charge in [0.1, 0.15) is 11.3 Å². The highest BCUT2D eigenvalue weighted by Gasteiger charge is 2.38. The van der Waals surface area contributed by atoms with Gasteiger partial charge in [-0.05, 0) is 73.9 Å². The monoisotopic (exact) mass is 891 g/mol. The van der Waals surface area contributed by atoms with Gasteiger partial charge in [0.25, 0.3) is 0 Å². The molecule has 2 saturated carbocycles. The van der Waals surface area contributed by atoms with E-state index in [1.807, 2.05) is 37.1 Å². The average Bonchev–Trinajstić information content (AvgIpc) is 4.13. The SMILES string of the molecule is CN=C1SCCN1Cc1c(C)ccc(C(=O)CC(=O)C2CC2)c1Cl.COC(=O)c1noc(C2CC2)c1C(=O)c1ccc(C)c(CN2CCSC2=NC#N)c1Cl.[C-]#[N+]C(C)=O. The summed E-state index contributed by atoms with van der Waals surface area (Å²) in [6.07, 6.45) is 5.38. The maximum absolute atomic E-state index is 13.5. The first-order chi connectivity index (χ1) is 28.7. The molecule has 3 aromatic rings. The highest BCUT2D eigenvalue weighted by molar-refractivity contribution is 8.14. The second kappa shape index (κ2) is 21.0. The number of aliphatic imine (C=N–C) groups is 2. The predicted molar refractivity (Wildman–Crippen MR) is 232 cm³/mol. The molecule has 1 amide bonds. The lowest BCUT2D eigenvalue weighted by Gasteiger charge is -2.21. The number of carbonyl (C=O) groups is 5. The molecule has 2 saturated heterocycles. The lowest BCUT2D eigenvalue weighted by molar-refractivity contribution is -0.119. The molecule has 4 aliphatic rings. The third-order valence-electron chi connectivity index (χ3n) is 10.1. The molecule has 18 heteroatoms. The number of hydrogen-bond acceptors (Lipinski definition) is 13. The quantitative estimate of drug-likeness (QED) is 0.0560. The zero-order chi connectivity index (χ0) is 43.7. The number of ketones is 3. The van der Waals surface area contributed by atoms with Crippen molar-refractivity contribution in [3.63, 3.8) is 0 Å². The van der Waals surface area contributed by atoms with Crippen LogP contribution in [0.1, 0.15) is 110 Å². The van der Waals surface area contributed by atoms with Crippen LogP contribution in [0.15, 0.2) is 38.8 Å². The van der Waals surface area contributed by atoms with E-state index in [4.69, 9.17) is 44.3 Å². The van der Waals surface area contributed by atoms with Gasteiger partial charge in [0, 0.05) is 74.6 Å². The Hall–Kier alpha value is -5.00. The summed E-state index contributed by atoms with van der Waals surface area (Å²) >= 11 is 16.5. The molecule has 0 atom stereocenters. The third-order valence-corrected chi connectivity index (χ3v) is 13.0. The second-order valence-corrected chi connectivity index (χ2v) is 17.2. The number of Topliss-reactive ketones (excluding diaryl/α,β-unsaturated/α-hetero) is 2. The largest absolute Gasteiger partial charge is 0.464 e. The average molecular weight is 893 g/mol. The summed E-state index contributed by atoms with van der Waals surface area (Å²) in [6.45, 7) is 13.8. The molecular formula is C42H43Cl2N7O7S2. The Morgan fingerprint density at radius 1 is 0.950 bits per heavy atom. The van der Waals surface area contributed by atoms with E-state index in [9.17, 15) is 24.0 Å². The van der Waals surface area contributed by atoms with Crippen molar-refractivity contribution < 1.29 is 33.2 Å². The van der Waals surface area contributed by atoms with Crippen molar-refractivity contribution in [3.8, 4) is 6.19 Å². The molecule has 1 aromatic heterocycles. The first kappa shape index (κ1) is 46.1. The van der Waals surface area contributed by atoms with E-state index < -0.39 is 17.7 Å².